The molecule has 0 aliphatic carbocycles. The summed E-state index contributed by atoms with van der Waals surface area (Å²) in [7, 11) is 0. The summed E-state index contributed by atoms with van der Waals surface area (Å²) >= 11 is 43.2. The molecular weight excluding hydrogens is 2030 g/mol. The van der Waals surface area contributed by atoms with Crippen LogP contribution >= 0.6 is 92.8 Å². The molecule has 4 aliphatic rings. The molecule has 6 aromatic heterocycles. The molecule has 0 atom stereocenters. The van der Waals surface area contributed by atoms with Crippen molar-refractivity contribution in [2.45, 2.75) is 120 Å². The SMILES string of the molecule is C.C.CC(C)(C)OC(=O)N1CCN(c2nc(Cl)cc(Nc3ccc(F)cc3)n2)CC1.CC(C)(C)OC(=O)N1CCN(c2nc(N)cc(Nc3ccc(F)cc3)n2)CC1.CC(C)(C)OC(=O)N1CCN(c2nc(Nc3ccc(F)cc3)cc(-n3cnnc3)n2)CC1.CC(C)(C)OC(=O)N1CCNCC1.ClCCl.Clc1cc(Cl)nc(Cl)n1.Fc1ccc(Nc2cc(Cl)nc(Cl)n2)cc1.NNC=O.Nc1ccc(F)cc1. The van der Waals surface area contributed by atoms with Gasteiger partial charge in [0.25, 0.3) is 0 Å². The van der Waals surface area contributed by atoms with Gasteiger partial charge >= 0.3 is 24.4 Å². The van der Waals surface area contributed by atoms with Crippen LogP contribution in [0, 0.1) is 29.1 Å². The van der Waals surface area contributed by atoms with Crippen molar-refractivity contribution < 1.29 is 64.9 Å². The summed E-state index contributed by atoms with van der Waals surface area (Å²) in [6.07, 6.45) is 2.34. The highest BCUT2D eigenvalue weighted by Crippen LogP contribution is 2.29. The Kier molecular flexibility index (Phi) is 50.1. The molecule has 776 valence electrons. The fourth-order valence-corrected chi connectivity index (χ4v) is 13.1. The van der Waals surface area contributed by atoms with Crippen molar-refractivity contribution in [2.24, 2.45) is 5.84 Å². The number of anilines is 13. The van der Waals surface area contributed by atoms with Crippen LogP contribution in [-0.2, 0) is 23.7 Å². The van der Waals surface area contributed by atoms with E-state index in [0.29, 0.717) is 171 Å². The fraction of sp³-hybridized carbons (Fsp3) is 0.380. The molecule has 5 amide bonds. The van der Waals surface area contributed by atoms with E-state index in [2.05, 4.69) is 92.5 Å². The number of rotatable bonds is 13. The largest absolute Gasteiger partial charge is 0.444 e. The predicted octanol–water partition coefficient (Wildman–Crippen LogP) is 19.7. The maximum Gasteiger partial charge on any atom is 0.410 e. The maximum atomic E-state index is 13.2. The van der Waals surface area contributed by atoms with Gasteiger partial charge in [0.2, 0.25) is 34.8 Å². The summed E-state index contributed by atoms with van der Waals surface area (Å²) in [5.41, 5.74) is 14.3. The second-order valence-corrected chi connectivity index (χ2v) is 36.8. The predicted molar refractivity (Wildman–Crippen MR) is 553 cm³/mol. The average molecular weight is 2150 g/mol. The van der Waals surface area contributed by atoms with E-state index in [-0.39, 0.29) is 105 Å². The number of amides is 5. The zero-order valence-corrected chi connectivity index (χ0v) is 85.0. The Morgan fingerprint density at radius 1 is 0.371 bits per heavy atom. The van der Waals surface area contributed by atoms with Crippen molar-refractivity contribution in [1.29, 1.82) is 0 Å². The Hall–Kier alpha value is -12.7. The van der Waals surface area contributed by atoms with E-state index in [1.807, 2.05) is 97.8 Å². The second-order valence-electron chi connectivity index (χ2n) is 33.8. The van der Waals surface area contributed by atoms with Gasteiger partial charge in [-0.05, 0) is 228 Å². The first-order valence-corrected chi connectivity index (χ1v) is 46.4. The van der Waals surface area contributed by atoms with Gasteiger partial charge in [-0.3, -0.25) is 14.8 Å². The molecule has 11 aromatic rings. The molecule has 12 N–H and O–H groups in total. The van der Waals surface area contributed by atoms with E-state index in [4.69, 9.17) is 128 Å². The maximum absolute atomic E-state index is 13.2. The molecule has 10 heterocycles. The summed E-state index contributed by atoms with van der Waals surface area (Å²) in [6, 6.07) is 37.4. The number of hydrazine groups is 1. The van der Waals surface area contributed by atoms with Gasteiger partial charge in [-0.2, -0.15) is 24.9 Å². The first-order chi connectivity index (χ1) is 66.6. The molecule has 38 nitrogen and oxygen atoms in total. The first kappa shape index (κ1) is 121. The molecule has 4 aliphatic heterocycles. The second kappa shape index (κ2) is 59.4. The van der Waals surface area contributed by atoms with Crippen molar-refractivity contribution in [2.75, 3.05) is 157 Å². The number of nitrogens with two attached hydrogens (primary N) is 3. The van der Waals surface area contributed by atoms with Crippen LogP contribution in [0.1, 0.15) is 97.9 Å². The summed E-state index contributed by atoms with van der Waals surface area (Å²) in [5, 5.41) is 24.5. The minimum Gasteiger partial charge on any atom is -0.444 e. The highest BCUT2D eigenvalue weighted by atomic mass is 35.5. The van der Waals surface area contributed by atoms with E-state index in [1.54, 1.807) is 109 Å². The molecule has 15 rings (SSSR count). The van der Waals surface area contributed by atoms with E-state index >= 15 is 0 Å². The summed E-state index contributed by atoms with van der Waals surface area (Å²) in [5.74, 6) is 7.31. The van der Waals surface area contributed by atoms with Gasteiger partial charge in [-0.15, -0.1) is 33.4 Å². The minimum absolute atomic E-state index is 0. The number of nitrogen functional groups attached to an aromatic ring is 2. The van der Waals surface area contributed by atoms with Gasteiger partial charge in [0.15, 0.2) is 0 Å². The smallest absolute Gasteiger partial charge is 0.410 e. The van der Waals surface area contributed by atoms with E-state index in [9.17, 15) is 41.1 Å². The molecule has 51 heteroatoms. The molecule has 4 fully saturated rings. The Morgan fingerprint density at radius 3 is 0.923 bits per heavy atom. The lowest BCUT2D eigenvalue weighted by molar-refractivity contribution is -0.109. The van der Waals surface area contributed by atoms with Gasteiger partial charge in [-0.1, -0.05) is 61.3 Å². The molecule has 5 aromatic carbocycles. The van der Waals surface area contributed by atoms with E-state index in [0.717, 1.165) is 26.2 Å². The van der Waals surface area contributed by atoms with Gasteiger partial charge in [0.05, 0.1) is 5.34 Å². The highest BCUT2D eigenvalue weighted by Gasteiger charge is 2.32. The molecule has 0 radical (unpaired) electrons. The van der Waals surface area contributed by atoms with E-state index < -0.39 is 16.8 Å². The van der Waals surface area contributed by atoms with Crippen molar-refractivity contribution in [1.82, 2.24) is 94.9 Å². The standard InChI is InChI=1S/C21H25FN8O2.C19H23ClFN5O2.C19H25FN6O2.C10H6Cl2FN3.C9H18N2O2.C6H6FN.C4HCl3N2.CH2Cl2.CH4N2O.2CH4/c1-21(2,3)32-20(31)29-10-8-28(9-11-29)19-26-17(25-16-6-4-15(22)5-7-16)12-18(27-19)30-13-23-24-14-30;1-19(2,3)28-18(27)26-10-8-25(9-11-26)17-23-15(20)12-16(24-17)22-14-6-4-13(21)5-7-14;1-19(2,3)28-18(27)26-10-8-25(9-11-26)17-23-15(21)12-16(24-17)22-14-6-4-13(20)5-7-14;11-8-5-9(16-10(12)15-8)14-7-3-1-6(13)2-4-7;1-9(2,3)13-8(12)11-6-4-10-5-7-11;7-5-1-3-6(8)4-2-5;5-2-1-3(6)9-4(7)8-2;2-1-3;2-3-1-4;;/h4-7,12-14H,8-11H2,1-3H3,(H,25,26,27);4-7,12H,8-11H2,1-3H3,(H,22,23,24);4-7,12H,8-11H2,1-3H3,(H3,21,22,23,24);1-5H,(H,14,15,16);10H,4-7H2,1-3H3;1-4H,8H2;1H;1H2;1H,2H2,(H,3,4);2*1H4. The summed E-state index contributed by atoms with van der Waals surface area (Å²) < 4.78 is 87.3. The van der Waals surface area contributed by atoms with Gasteiger partial charge in [0.1, 0.15) is 120 Å². The van der Waals surface area contributed by atoms with Gasteiger partial charge in [-0.25, -0.2) is 71.9 Å². The van der Waals surface area contributed by atoms with Crippen LogP contribution < -0.4 is 64.0 Å². The number of benzene rings is 5. The van der Waals surface area contributed by atoms with Gasteiger partial charge < -0.3 is 91.3 Å². The normalized spacial score (nSPS) is 13.2. The molecule has 4 saturated heterocycles. The third-order valence-electron chi connectivity index (χ3n) is 17.9. The number of hydrogen-bond donors (Lipinski definition) is 9. The Labute approximate surface area is 867 Å². The number of carbonyl (C=O) groups excluding carboxylic acids is 5. The molecular formula is C92H118Cl8F5N29O9. The van der Waals surface area contributed by atoms with Crippen molar-refractivity contribution >= 4 is 199 Å². The topological polar surface area (TPSA) is 455 Å². The number of hydrogen-bond acceptors (Lipinski definition) is 32. The number of nitrogens with zero attached hydrogens (tertiary/aromatic N) is 20. The van der Waals surface area contributed by atoms with Crippen LogP contribution in [-0.4, -0.2) is 247 Å². The summed E-state index contributed by atoms with van der Waals surface area (Å²) in [4.78, 5) is 111. The molecule has 0 bridgehead atoms. The number of piperazine rings is 4. The first-order valence-electron chi connectivity index (χ1n) is 43.1. The summed E-state index contributed by atoms with van der Waals surface area (Å²) in [6.45, 7) is 31.9. The zero-order valence-electron chi connectivity index (χ0n) is 79.0. The highest BCUT2D eigenvalue weighted by molar-refractivity contribution is 6.40. The van der Waals surface area contributed by atoms with Crippen LogP contribution in [0.15, 0.2) is 164 Å². The number of aromatic nitrogens is 13. The van der Waals surface area contributed by atoms with Crippen LogP contribution in [0.3, 0.4) is 0 Å². The lowest BCUT2D eigenvalue weighted by Crippen LogP contribution is -2.50. The molecule has 0 unspecified atom stereocenters. The number of halogens is 13. The van der Waals surface area contributed by atoms with E-state index in [1.165, 1.54) is 84.9 Å². The van der Waals surface area contributed by atoms with Crippen molar-refractivity contribution in [3.63, 3.8) is 0 Å². The Morgan fingerprint density at radius 2 is 0.629 bits per heavy atom. The lowest BCUT2D eigenvalue weighted by Gasteiger charge is -2.35. The number of alkyl halides is 2. The third-order valence-corrected chi connectivity index (χ3v) is 19.0. The minimum atomic E-state index is -0.536. The van der Waals surface area contributed by atoms with Crippen molar-refractivity contribution in [3.05, 3.63) is 225 Å². The quantitative estimate of drug-likeness (QED) is 0.00494. The van der Waals surface area contributed by atoms with Crippen LogP contribution in [0.5, 0.6) is 0 Å². The van der Waals surface area contributed by atoms with Gasteiger partial charge in [0, 0.05) is 163 Å². The number of ether oxygens (including phenoxy) is 4. The van der Waals surface area contributed by atoms with Crippen LogP contribution in [0.4, 0.5) is 117 Å². The molecule has 0 saturated carbocycles. The molecule has 143 heavy (non-hydrogen) atoms. The van der Waals surface area contributed by atoms with Crippen molar-refractivity contribution in [3.8, 4) is 5.82 Å². The Balaban J connectivity index is 0.000000302. The monoisotopic (exact) mass is 2150 g/mol. The fourth-order valence-electron chi connectivity index (χ4n) is 11.8. The third kappa shape index (κ3) is 46.9. The average Bonchev–Trinajstić information content (AvgIpc) is 1.57. The Bertz CT molecular complexity index is 5490. The van der Waals surface area contributed by atoms with Crippen LogP contribution in [0.2, 0.25) is 31.2 Å². The lowest BCUT2D eigenvalue weighted by atomic mass is 10.2. The molecule has 0 spiro atoms. The number of carbonyl (C=O) groups is 5. The zero-order chi connectivity index (χ0) is 104. The number of nitrogens with one attached hydrogen (secondary N) is 6. The van der Waals surface area contributed by atoms with Crippen LogP contribution in [0.25, 0.3) is 5.82 Å².